The van der Waals surface area contributed by atoms with E-state index in [4.69, 9.17) is 5.11 Å². The molecule has 1 unspecified atom stereocenters. The highest BCUT2D eigenvalue weighted by Gasteiger charge is 2.23. The molecule has 1 amide bonds. The number of carboxylic acids is 1. The zero-order valence-corrected chi connectivity index (χ0v) is 13.4. The molecule has 1 saturated heterocycles. The number of hydrogen-bond acceptors (Lipinski definition) is 3. The maximum absolute atomic E-state index is 12.6. The summed E-state index contributed by atoms with van der Waals surface area (Å²) in [6.45, 7) is 1.35. The largest absolute Gasteiger partial charge is 0.477 e. The third-order valence-corrected chi connectivity index (χ3v) is 4.47. The van der Waals surface area contributed by atoms with Gasteiger partial charge in [0.1, 0.15) is 11.4 Å². The number of carbonyl (C=O) groups is 2. The molecule has 1 N–H and O–H groups in total. The summed E-state index contributed by atoms with van der Waals surface area (Å²) in [5.74, 6) is -0.848. The summed E-state index contributed by atoms with van der Waals surface area (Å²) >= 11 is 0. The quantitative estimate of drug-likeness (QED) is 0.941. The van der Waals surface area contributed by atoms with E-state index in [9.17, 15) is 9.59 Å². The van der Waals surface area contributed by atoms with Crippen LogP contribution in [0.1, 0.15) is 51.7 Å². The van der Waals surface area contributed by atoms with Gasteiger partial charge in [-0.1, -0.05) is 36.4 Å². The van der Waals surface area contributed by atoms with E-state index in [1.165, 1.54) is 11.6 Å². The van der Waals surface area contributed by atoms with Gasteiger partial charge in [-0.05, 0) is 42.9 Å². The zero-order chi connectivity index (χ0) is 16.9. The molecule has 0 radical (unpaired) electrons. The molecule has 0 spiro atoms. The molecule has 3 rings (SSSR count). The van der Waals surface area contributed by atoms with Gasteiger partial charge >= 0.3 is 5.97 Å². The van der Waals surface area contributed by atoms with Crippen molar-refractivity contribution >= 4 is 11.9 Å². The van der Waals surface area contributed by atoms with Crippen LogP contribution in [-0.2, 0) is 0 Å². The Morgan fingerprint density at radius 2 is 1.71 bits per heavy atom. The van der Waals surface area contributed by atoms with Gasteiger partial charge in [0.05, 0.1) is 0 Å². The molecule has 2 aromatic rings. The number of nitrogens with zero attached hydrogens (tertiary/aromatic N) is 2. The van der Waals surface area contributed by atoms with Crippen LogP contribution in [0.3, 0.4) is 0 Å². The van der Waals surface area contributed by atoms with E-state index >= 15 is 0 Å². The molecule has 1 aliphatic rings. The first kappa shape index (κ1) is 16.2. The number of carbonyl (C=O) groups excluding carboxylic acids is 1. The lowest BCUT2D eigenvalue weighted by atomic mass is 9.92. The highest BCUT2D eigenvalue weighted by atomic mass is 16.4. The number of benzene rings is 1. The predicted molar refractivity (Wildman–Crippen MR) is 90.1 cm³/mol. The van der Waals surface area contributed by atoms with Crippen molar-refractivity contribution in [3.63, 3.8) is 0 Å². The first-order valence-corrected chi connectivity index (χ1v) is 8.20. The molecular formula is C19H20N2O3. The van der Waals surface area contributed by atoms with Crippen LogP contribution in [-0.4, -0.2) is 40.0 Å². The monoisotopic (exact) mass is 324 g/mol. The van der Waals surface area contributed by atoms with Gasteiger partial charge in [0.15, 0.2) is 0 Å². The van der Waals surface area contributed by atoms with E-state index < -0.39 is 5.97 Å². The van der Waals surface area contributed by atoms with Crippen LogP contribution < -0.4 is 0 Å². The van der Waals surface area contributed by atoms with Crippen LogP contribution in [0.15, 0.2) is 48.5 Å². The van der Waals surface area contributed by atoms with Gasteiger partial charge in [-0.25, -0.2) is 9.78 Å². The van der Waals surface area contributed by atoms with Crippen LogP contribution >= 0.6 is 0 Å². The molecule has 1 fully saturated rings. The van der Waals surface area contributed by atoms with Crippen molar-refractivity contribution in [2.24, 2.45) is 0 Å². The second-order valence-electron chi connectivity index (χ2n) is 6.04. The van der Waals surface area contributed by atoms with E-state index in [1.807, 2.05) is 18.2 Å². The summed E-state index contributed by atoms with van der Waals surface area (Å²) in [7, 11) is 0. The predicted octanol–water partition coefficient (Wildman–Crippen LogP) is 3.19. The lowest BCUT2D eigenvalue weighted by molar-refractivity contribution is 0.0690. The Kier molecular flexibility index (Phi) is 4.89. The molecule has 1 aromatic carbocycles. The van der Waals surface area contributed by atoms with Gasteiger partial charge in [0, 0.05) is 13.1 Å². The number of rotatable bonds is 3. The average Bonchev–Trinajstić information content (AvgIpc) is 2.88. The van der Waals surface area contributed by atoms with Crippen molar-refractivity contribution in [1.82, 2.24) is 9.88 Å². The smallest absolute Gasteiger partial charge is 0.354 e. The maximum Gasteiger partial charge on any atom is 0.354 e. The van der Waals surface area contributed by atoms with Crippen molar-refractivity contribution < 1.29 is 14.7 Å². The third-order valence-electron chi connectivity index (χ3n) is 4.47. The van der Waals surface area contributed by atoms with Crippen LogP contribution in [0.5, 0.6) is 0 Å². The summed E-state index contributed by atoms with van der Waals surface area (Å²) in [6.07, 6.45) is 2.90. The number of likely N-dealkylation sites (tertiary alicyclic amines) is 1. The van der Waals surface area contributed by atoms with Crippen molar-refractivity contribution in [2.45, 2.75) is 25.2 Å². The normalized spacial score (nSPS) is 18.0. The Bertz CT molecular complexity index is 730. The molecule has 0 bridgehead atoms. The lowest BCUT2D eigenvalue weighted by Gasteiger charge is -2.20. The number of amides is 1. The van der Waals surface area contributed by atoms with Crippen LogP contribution in [0, 0.1) is 0 Å². The molecule has 24 heavy (non-hydrogen) atoms. The first-order chi connectivity index (χ1) is 11.6. The molecule has 0 saturated carbocycles. The van der Waals surface area contributed by atoms with E-state index in [0.29, 0.717) is 19.0 Å². The molecule has 0 aliphatic carbocycles. The van der Waals surface area contributed by atoms with E-state index in [0.717, 1.165) is 19.3 Å². The van der Waals surface area contributed by atoms with Crippen molar-refractivity contribution in [3.8, 4) is 0 Å². The minimum absolute atomic E-state index is 0.0992. The summed E-state index contributed by atoms with van der Waals surface area (Å²) in [5.41, 5.74) is 1.42. The molecule has 5 heteroatoms. The number of hydrogen-bond donors (Lipinski definition) is 1. The number of pyridine rings is 1. The lowest BCUT2D eigenvalue weighted by Crippen LogP contribution is -2.32. The Balaban J connectivity index is 1.71. The van der Waals surface area contributed by atoms with Crippen LogP contribution in [0.2, 0.25) is 0 Å². The van der Waals surface area contributed by atoms with E-state index in [-0.39, 0.29) is 17.3 Å². The average molecular weight is 324 g/mol. The molecular weight excluding hydrogens is 304 g/mol. The van der Waals surface area contributed by atoms with Crippen molar-refractivity contribution in [3.05, 3.63) is 65.5 Å². The van der Waals surface area contributed by atoms with Crippen molar-refractivity contribution in [1.29, 1.82) is 0 Å². The molecule has 124 valence electrons. The summed E-state index contributed by atoms with van der Waals surface area (Å²) < 4.78 is 0. The number of aromatic carboxylic acids is 1. The van der Waals surface area contributed by atoms with Gasteiger partial charge in [-0.15, -0.1) is 0 Å². The molecule has 2 heterocycles. The minimum atomic E-state index is -1.12. The summed E-state index contributed by atoms with van der Waals surface area (Å²) in [5, 5.41) is 9.02. The van der Waals surface area contributed by atoms with E-state index in [2.05, 4.69) is 17.1 Å². The second-order valence-corrected chi connectivity index (χ2v) is 6.04. The van der Waals surface area contributed by atoms with E-state index in [1.54, 1.807) is 17.0 Å². The Morgan fingerprint density at radius 1 is 0.958 bits per heavy atom. The van der Waals surface area contributed by atoms with Gasteiger partial charge < -0.3 is 10.0 Å². The first-order valence-electron chi connectivity index (χ1n) is 8.20. The molecule has 1 aromatic heterocycles. The van der Waals surface area contributed by atoms with Gasteiger partial charge in [0.2, 0.25) is 0 Å². The standard InChI is InChI=1S/C19H20N2O3/c22-18(16-9-4-10-17(20-16)19(23)24)21-12-5-8-15(11-13-21)14-6-2-1-3-7-14/h1-4,6-7,9-10,15H,5,8,11-13H2,(H,23,24). The number of carboxylic acid groups (broad SMARTS) is 1. The van der Waals surface area contributed by atoms with Crippen LogP contribution in [0.4, 0.5) is 0 Å². The van der Waals surface area contributed by atoms with Gasteiger partial charge in [-0.2, -0.15) is 0 Å². The van der Waals surface area contributed by atoms with Crippen molar-refractivity contribution in [2.75, 3.05) is 13.1 Å². The second kappa shape index (κ2) is 7.25. The van der Waals surface area contributed by atoms with Gasteiger partial charge in [-0.3, -0.25) is 4.79 Å². The highest BCUT2D eigenvalue weighted by Crippen LogP contribution is 2.28. The molecule has 5 nitrogen and oxygen atoms in total. The van der Waals surface area contributed by atoms with Gasteiger partial charge in [0.25, 0.3) is 5.91 Å². The number of aromatic nitrogens is 1. The van der Waals surface area contributed by atoms with Crippen LogP contribution in [0.25, 0.3) is 0 Å². The zero-order valence-electron chi connectivity index (χ0n) is 13.4. The minimum Gasteiger partial charge on any atom is -0.477 e. The topological polar surface area (TPSA) is 70.5 Å². The SMILES string of the molecule is O=C(O)c1cccc(C(=O)N2CCCC(c3ccccc3)CC2)n1. The summed E-state index contributed by atoms with van der Waals surface area (Å²) in [4.78, 5) is 29.4. The molecule has 1 aliphatic heterocycles. The fourth-order valence-electron chi connectivity index (χ4n) is 3.19. The fraction of sp³-hybridized carbons (Fsp3) is 0.316. The Morgan fingerprint density at radius 3 is 2.46 bits per heavy atom. The Labute approximate surface area is 140 Å². The maximum atomic E-state index is 12.6. The third kappa shape index (κ3) is 3.62. The molecule has 1 atom stereocenters. The highest BCUT2D eigenvalue weighted by molar-refractivity contribution is 5.94. The fourth-order valence-corrected chi connectivity index (χ4v) is 3.19. The summed E-state index contributed by atoms with van der Waals surface area (Å²) in [6, 6.07) is 14.9. The Hall–Kier alpha value is -2.69.